The van der Waals surface area contributed by atoms with Crippen LogP contribution in [0.15, 0.2) is 60.2 Å². The Kier molecular flexibility index (Phi) is 5.96. The van der Waals surface area contributed by atoms with E-state index >= 15 is 0 Å². The van der Waals surface area contributed by atoms with Crippen LogP contribution in [0.1, 0.15) is 18.9 Å². The van der Waals surface area contributed by atoms with Gasteiger partial charge in [-0.1, -0.05) is 37.3 Å². The molecule has 4 heteroatoms. The maximum atomic E-state index is 12.1. The van der Waals surface area contributed by atoms with E-state index in [0.29, 0.717) is 12.3 Å². The molecule has 0 radical (unpaired) electrons. The highest BCUT2D eigenvalue weighted by atomic mass is 16.5. The number of nitrogens with zero attached hydrogens (tertiary/aromatic N) is 1. The largest absolute Gasteiger partial charge is 0.494 e. The summed E-state index contributed by atoms with van der Waals surface area (Å²) < 4.78 is 5.50. The molecule has 0 aliphatic heterocycles. The van der Waals surface area contributed by atoms with Crippen molar-refractivity contribution in [2.75, 3.05) is 11.9 Å². The SMILES string of the molecule is CCCOc1ccc(/C=C(/C#N)C(=O)Nc2ccccc2)cc1. The van der Waals surface area contributed by atoms with E-state index in [4.69, 9.17) is 4.74 Å². The van der Waals surface area contributed by atoms with Crippen molar-refractivity contribution in [2.24, 2.45) is 0 Å². The number of ether oxygens (including phenoxy) is 1. The van der Waals surface area contributed by atoms with Crippen molar-refractivity contribution in [3.63, 3.8) is 0 Å². The summed E-state index contributed by atoms with van der Waals surface area (Å²) in [5.41, 5.74) is 1.48. The second kappa shape index (κ2) is 8.40. The van der Waals surface area contributed by atoms with E-state index in [0.717, 1.165) is 17.7 Å². The Morgan fingerprint density at radius 3 is 2.48 bits per heavy atom. The Hall–Kier alpha value is -3.06. The van der Waals surface area contributed by atoms with Crippen molar-refractivity contribution in [1.29, 1.82) is 5.26 Å². The number of nitrogens with one attached hydrogen (secondary N) is 1. The molecule has 0 fully saturated rings. The van der Waals surface area contributed by atoms with Crippen molar-refractivity contribution < 1.29 is 9.53 Å². The summed E-state index contributed by atoms with van der Waals surface area (Å²) in [6.07, 6.45) is 2.50. The van der Waals surface area contributed by atoms with Crippen LogP contribution in [0, 0.1) is 11.3 Å². The van der Waals surface area contributed by atoms with Crippen LogP contribution in [-0.2, 0) is 4.79 Å². The van der Waals surface area contributed by atoms with E-state index in [2.05, 4.69) is 5.32 Å². The molecule has 116 valence electrons. The Morgan fingerprint density at radius 1 is 1.17 bits per heavy atom. The molecule has 1 amide bonds. The fourth-order valence-electron chi connectivity index (χ4n) is 1.92. The number of hydrogen-bond donors (Lipinski definition) is 1. The molecule has 0 aromatic heterocycles. The molecule has 23 heavy (non-hydrogen) atoms. The molecule has 0 unspecified atom stereocenters. The van der Waals surface area contributed by atoms with Gasteiger partial charge in [0.15, 0.2) is 0 Å². The summed E-state index contributed by atoms with van der Waals surface area (Å²) in [7, 11) is 0. The zero-order valence-corrected chi connectivity index (χ0v) is 13.0. The lowest BCUT2D eigenvalue weighted by Crippen LogP contribution is -2.13. The fraction of sp³-hybridized carbons (Fsp3) is 0.158. The minimum atomic E-state index is -0.426. The van der Waals surface area contributed by atoms with Crippen LogP contribution < -0.4 is 10.1 Å². The highest BCUT2D eigenvalue weighted by Gasteiger charge is 2.09. The second-order valence-electron chi connectivity index (χ2n) is 4.91. The van der Waals surface area contributed by atoms with Gasteiger partial charge in [0.25, 0.3) is 5.91 Å². The summed E-state index contributed by atoms with van der Waals surface area (Å²) >= 11 is 0. The molecule has 0 spiro atoms. The number of amides is 1. The predicted octanol–water partition coefficient (Wildman–Crippen LogP) is 4.02. The average molecular weight is 306 g/mol. The highest BCUT2D eigenvalue weighted by Crippen LogP contribution is 2.15. The third kappa shape index (κ3) is 5.01. The topological polar surface area (TPSA) is 62.1 Å². The van der Waals surface area contributed by atoms with E-state index in [1.54, 1.807) is 18.2 Å². The van der Waals surface area contributed by atoms with Gasteiger partial charge in [-0.15, -0.1) is 0 Å². The Morgan fingerprint density at radius 2 is 1.87 bits per heavy atom. The smallest absolute Gasteiger partial charge is 0.266 e. The van der Waals surface area contributed by atoms with Crippen molar-refractivity contribution >= 4 is 17.7 Å². The lowest BCUT2D eigenvalue weighted by Gasteiger charge is -2.05. The number of nitriles is 1. The van der Waals surface area contributed by atoms with Gasteiger partial charge in [0.2, 0.25) is 0 Å². The van der Waals surface area contributed by atoms with Crippen LogP contribution >= 0.6 is 0 Å². The molecule has 0 aliphatic rings. The minimum Gasteiger partial charge on any atom is -0.494 e. The summed E-state index contributed by atoms with van der Waals surface area (Å²) in [5, 5.41) is 11.9. The van der Waals surface area contributed by atoms with E-state index in [1.165, 1.54) is 0 Å². The van der Waals surface area contributed by atoms with Gasteiger partial charge in [0.1, 0.15) is 17.4 Å². The second-order valence-corrected chi connectivity index (χ2v) is 4.91. The number of carbonyl (C=O) groups excluding carboxylic acids is 1. The van der Waals surface area contributed by atoms with Crippen LogP contribution in [0.25, 0.3) is 6.08 Å². The number of para-hydroxylation sites is 1. The summed E-state index contributed by atoms with van der Waals surface area (Å²) in [5.74, 6) is 0.348. The molecule has 0 bridgehead atoms. The average Bonchev–Trinajstić information content (AvgIpc) is 2.59. The quantitative estimate of drug-likeness (QED) is 0.647. The zero-order chi connectivity index (χ0) is 16.5. The molecule has 2 rings (SSSR count). The van der Waals surface area contributed by atoms with E-state index in [9.17, 15) is 10.1 Å². The molecule has 0 saturated heterocycles. The molecule has 0 saturated carbocycles. The van der Waals surface area contributed by atoms with Crippen LogP contribution in [-0.4, -0.2) is 12.5 Å². The fourth-order valence-corrected chi connectivity index (χ4v) is 1.92. The molecule has 0 atom stereocenters. The van der Waals surface area contributed by atoms with Gasteiger partial charge >= 0.3 is 0 Å². The molecule has 0 heterocycles. The third-order valence-corrected chi connectivity index (χ3v) is 3.06. The first-order chi connectivity index (χ1) is 11.2. The van der Waals surface area contributed by atoms with Gasteiger partial charge < -0.3 is 10.1 Å². The van der Waals surface area contributed by atoms with Crippen LogP contribution in [0.5, 0.6) is 5.75 Å². The summed E-state index contributed by atoms with van der Waals surface area (Å²) in [6, 6.07) is 18.3. The Bertz CT molecular complexity index is 713. The van der Waals surface area contributed by atoms with Crippen molar-refractivity contribution in [3.8, 4) is 11.8 Å². The third-order valence-electron chi connectivity index (χ3n) is 3.06. The van der Waals surface area contributed by atoms with Gasteiger partial charge in [-0.05, 0) is 42.3 Å². The molecular formula is C19H18N2O2. The number of carbonyl (C=O) groups is 1. The summed E-state index contributed by atoms with van der Waals surface area (Å²) in [4.78, 5) is 12.1. The maximum Gasteiger partial charge on any atom is 0.266 e. The minimum absolute atomic E-state index is 0.0519. The Balaban J connectivity index is 2.09. The van der Waals surface area contributed by atoms with Crippen molar-refractivity contribution in [1.82, 2.24) is 0 Å². The zero-order valence-electron chi connectivity index (χ0n) is 13.0. The molecule has 1 N–H and O–H groups in total. The van der Waals surface area contributed by atoms with Gasteiger partial charge in [0, 0.05) is 5.69 Å². The van der Waals surface area contributed by atoms with Crippen LogP contribution in [0.4, 0.5) is 5.69 Å². The van der Waals surface area contributed by atoms with E-state index in [1.807, 2.05) is 55.5 Å². The molecule has 4 nitrogen and oxygen atoms in total. The van der Waals surface area contributed by atoms with Crippen molar-refractivity contribution in [3.05, 3.63) is 65.7 Å². The van der Waals surface area contributed by atoms with Gasteiger partial charge in [0.05, 0.1) is 6.61 Å². The van der Waals surface area contributed by atoms with Gasteiger partial charge in [-0.25, -0.2) is 0 Å². The predicted molar refractivity (Wildman–Crippen MR) is 90.9 cm³/mol. The normalized spacial score (nSPS) is 10.7. The molecule has 2 aromatic rings. The number of rotatable bonds is 6. The molecule has 0 aliphatic carbocycles. The van der Waals surface area contributed by atoms with Gasteiger partial charge in [-0.3, -0.25) is 4.79 Å². The number of hydrogen-bond acceptors (Lipinski definition) is 3. The first-order valence-corrected chi connectivity index (χ1v) is 7.44. The van der Waals surface area contributed by atoms with Crippen LogP contribution in [0.3, 0.4) is 0 Å². The standard InChI is InChI=1S/C19H18N2O2/c1-2-12-23-18-10-8-15(9-11-18)13-16(14-20)19(22)21-17-6-4-3-5-7-17/h3-11,13H,2,12H2,1H3,(H,21,22)/b16-13-. The maximum absolute atomic E-state index is 12.1. The highest BCUT2D eigenvalue weighted by molar-refractivity contribution is 6.09. The lowest BCUT2D eigenvalue weighted by atomic mass is 10.1. The number of benzene rings is 2. The molecular weight excluding hydrogens is 288 g/mol. The molecule has 2 aromatic carbocycles. The first kappa shape index (κ1) is 16.3. The lowest BCUT2D eigenvalue weighted by molar-refractivity contribution is -0.112. The van der Waals surface area contributed by atoms with Gasteiger partial charge in [-0.2, -0.15) is 5.26 Å². The first-order valence-electron chi connectivity index (χ1n) is 7.44. The Labute approximate surface area is 136 Å². The van der Waals surface area contributed by atoms with Crippen LogP contribution in [0.2, 0.25) is 0 Å². The van der Waals surface area contributed by atoms with E-state index < -0.39 is 5.91 Å². The van der Waals surface area contributed by atoms with Crippen molar-refractivity contribution in [2.45, 2.75) is 13.3 Å². The summed E-state index contributed by atoms with van der Waals surface area (Å²) in [6.45, 7) is 2.71. The monoisotopic (exact) mass is 306 g/mol. The number of anilines is 1. The van der Waals surface area contributed by atoms with E-state index in [-0.39, 0.29) is 5.57 Å².